The molecule has 5 unspecified atom stereocenters. The van der Waals surface area contributed by atoms with Crippen LogP contribution in [0.2, 0.25) is 0 Å². The number of hydrogen-bond donors (Lipinski definition) is 3. The highest BCUT2D eigenvalue weighted by molar-refractivity contribution is 8.14. The van der Waals surface area contributed by atoms with Gasteiger partial charge >= 0.3 is 0 Å². The van der Waals surface area contributed by atoms with Gasteiger partial charge in [0.2, 0.25) is 0 Å². The summed E-state index contributed by atoms with van der Waals surface area (Å²) in [6, 6.07) is -0.470. The SMILES string of the molecule is CC[C@H](O)C1OC2SC(N(C)C)=NC2C(O)C1O. The van der Waals surface area contributed by atoms with Crippen LogP contribution in [0.3, 0.4) is 0 Å². The Morgan fingerprint density at radius 1 is 1.39 bits per heavy atom. The number of ether oxygens (including phenoxy) is 1. The van der Waals surface area contributed by atoms with E-state index in [0.717, 1.165) is 5.17 Å². The highest BCUT2D eigenvalue weighted by atomic mass is 32.2. The molecule has 2 aliphatic heterocycles. The van der Waals surface area contributed by atoms with E-state index in [1.807, 2.05) is 25.9 Å². The molecule has 1 saturated heterocycles. The third-order valence-electron chi connectivity index (χ3n) is 3.27. The van der Waals surface area contributed by atoms with E-state index in [-0.39, 0.29) is 5.44 Å². The van der Waals surface area contributed by atoms with E-state index in [9.17, 15) is 15.3 Å². The van der Waals surface area contributed by atoms with Crippen molar-refractivity contribution >= 4 is 16.9 Å². The number of aliphatic hydroxyl groups is 3. The number of aliphatic imine (C=N–C) groups is 1. The maximum absolute atomic E-state index is 10.1. The molecule has 6 atom stereocenters. The van der Waals surface area contributed by atoms with Crippen LogP contribution in [0, 0.1) is 0 Å². The molecule has 0 amide bonds. The quantitative estimate of drug-likeness (QED) is 0.614. The molecule has 104 valence electrons. The summed E-state index contributed by atoms with van der Waals surface area (Å²) in [6.07, 6.45) is -3.17. The number of rotatable bonds is 2. The van der Waals surface area contributed by atoms with Crippen molar-refractivity contribution in [1.82, 2.24) is 4.90 Å². The van der Waals surface area contributed by atoms with Gasteiger partial charge in [0, 0.05) is 14.1 Å². The minimum atomic E-state index is -1.10. The summed E-state index contributed by atoms with van der Waals surface area (Å²) in [5.41, 5.74) is -0.341. The first-order valence-electron chi connectivity index (χ1n) is 6.07. The van der Waals surface area contributed by atoms with Gasteiger partial charge in [-0.1, -0.05) is 18.7 Å². The second-order valence-electron chi connectivity index (χ2n) is 4.84. The van der Waals surface area contributed by atoms with Crippen LogP contribution in [0.15, 0.2) is 4.99 Å². The Balaban J connectivity index is 2.14. The minimum absolute atomic E-state index is 0.341. The van der Waals surface area contributed by atoms with E-state index >= 15 is 0 Å². The van der Waals surface area contributed by atoms with Crippen LogP contribution in [-0.4, -0.2) is 75.4 Å². The second kappa shape index (κ2) is 5.34. The molecule has 3 N–H and O–H groups in total. The molecule has 0 aliphatic carbocycles. The lowest BCUT2D eigenvalue weighted by atomic mass is 9.94. The molecular weight excluding hydrogens is 256 g/mol. The maximum Gasteiger partial charge on any atom is 0.161 e. The molecule has 0 spiro atoms. The van der Waals surface area contributed by atoms with Crippen LogP contribution < -0.4 is 0 Å². The lowest BCUT2D eigenvalue weighted by molar-refractivity contribution is -0.185. The molecule has 7 heteroatoms. The van der Waals surface area contributed by atoms with E-state index in [1.54, 1.807) is 0 Å². The standard InChI is InChI=1S/C11H20N2O4S/c1-4-5(14)9-8(16)7(15)6-10(17-9)18-11(12-6)13(2)3/h5-10,14-16H,4H2,1-3H3/t5-,6?,7?,8?,9?,10?/m0/s1. The van der Waals surface area contributed by atoms with Crippen molar-refractivity contribution in [2.24, 2.45) is 4.99 Å². The molecule has 2 rings (SSSR count). The molecule has 18 heavy (non-hydrogen) atoms. The van der Waals surface area contributed by atoms with Crippen LogP contribution in [0.4, 0.5) is 0 Å². The molecule has 0 aromatic heterocycles. The largest absolute Gasteiger partial charge is 0.390 e. The summed E-state index contributed by atoms with van der Waals surface area (Å²) in [7, 11) is 3.73. The van der Waals surface area contributed by atoms with E-state index in [0.29, 0.717) is 6.42 Å². The highest BCUT2D eigenvalue weighted by Gasteiger charge is 2.50. The van der Waals surface area contributed by atoms with Crippen LogP contribution in [0.5, 0.6) is 0 Å². The maximum atomic E-state index is 10.1. The van der Waals surface area contributed by atoms with Gasteiger partial charge in [0.15, 0.2) is 5.17 Å². The first-order chi connectivity index (χ1) is 8.45. The van der Waals surface area contributed by atoms with Gasteiger partial charge in [-0.05, 0) is 6.42 Å². The molecule has 1 fully saturated rings. The summed E-state index contributed by atoms with van der Waals surface area (Å²) < 4.78 is 5.69. The highest BCUT2D eigenvalue weighted by Crippen LogP contribution is 2.37. The zero-order valence-corrected chi connectivity index (χ0v) is 11.5. The normalized spacial score (nSPS) is 41.2. The Morgan fingerprint density at radius 2 is 2.06 bits per heavy atom. The Kier molecular flexibility index (Phi) is 4.18. The monoisotopic (exact) mass is 276 g/mol. The fourth-order valence-electron chi connectivity index (χ4n) is 2.14. The number of nitrogens with zero attached hydrogens (tertiary/aromatic N) is 2. The van der Waals surface area contributed by atoms with Gasteiger partial charge in [0.25, 0.3) is 0 Å². The Morgan fingerprint density at radius 3 is 2.61 bits per heavy atom. The lowest BCUT2D eigenvalue weighted by Gasteiger charge is -2.40. The Hall–Kier alpha value is -0.340. The summed E-state index contributed by atoms with van der Waals surface area (Å²) in [6.45, 7) is 1.81. The van der Waals surface area contributed by atoms with Crippen LogP contribution in [0.1, 0.15) is 13.3 Å². The molecule has 0 aromatic carbocycles. The van der Waals surface area contributed by atoms with Gasteiger partial charge in [0.1, 0.15) is 29.8 Å². The van der Waals surface area contributed by atoms with Gasteiger partial charge in [-0.3, -0.25) is 4.99 Å². The number of aliphatic hydroxyl groups excluding tert-OH is 3. The Bertz CT molecular complexity index is 339. The van der Waals surface area contributed by atoms with E-state index in [2.05, 4.69) is 4.99 Å². The van der Waals surface area contributed by atoms with Crippen LogP contribution in [-0.2, 0) is 4.74 Å². The van der Waals surface area contributed by atoms with Crippen LogP contribution >= 0.6 is 11.8 Å². The van der Waals surface area contributed by atoms with Crippen molar-refractivity contribution in [3.05, 3.63) is 0 Å². The van der Waals surface area contributed by atoms with Gasteiger partial charge in [0.05, 0.1) is 6.10 Å². The Labute approximate surface area is 111 Å². The van der Waals surface area contributed by atoms with Crippen molar-refractivity contribution < 1.29 is 20.1 Å². The van der Waals surface area contributed by atoms with Crippen LogP contribution in [0.25, 0.3) is 0 Å². The van der Waals surface area contributed by atoms with E-state index < -0.39 is 30.5 Å². The molecule has 2 heterocycles. The number of fused-ring (bicyclic) bond motifs is 1. The molecule has 0 aromatic rings. The fraction of sp³-hybridized carbons (Fsp3) is 0.909. The number of hydrogen-bond acceptors (Lipinski definition) is 7. The first kappa shape index (κ1) is 14.1. The number of thioether (sulfide) groups is 1. The van der Waals surface area contributed by atoms with Gasteiger partial charge in [-0.25, -0.2) is 0 Å². The molecule has 6 nitrogen and oxygen atoms in total. The smallest absolute Gasteiger partial charge is 0.161 e. The zero-order chi connectivity index (χ0) is 13.4. The molecular formula is C11H20N2O4S. The molecule has 0 bridgehead atoms. The zero-order valence-electron chi connectivity index (χ0n) is 10.7. The summed E-state index contributed by atoms with van der Waals surface area (Å²) in [5.74, 6) is 0. The van der Waals surface area contributed by atoms with Crippen molar-refractivity contribution in [2.45, 2.75) is 49.2 Å². The topological polar surface area (TPSA) is 85.5 Å². The first-order valence-corrected chi connectivity index (χ1v) is 6.95. The molecule has 0 saturated carbocycles. The van der Waals surface area contributed by atoms with Crippen molar-refractivity contribution in [3.8, 4) is 0 Å². The summed E-state index contributed by atoms with van der Waals surface area (Å²) in [4.78, 5) is 6.19. The van der Waals surface area contributed by atoms with Gasteiger partial charge < -0.3 is 25.0 Å². The molecule has 2 aliphatic rings. The third-order valence-corrected chi connectivity index (χ3v) is 4.57. The predicted molar refractivity (Wildman–Crippen MR) is 69.5 cm³/mol. The van der Waals surface area contributed by atoms with Gasteiger partial charge in [-0.15, -0.1) is 0 Å². The van der Waals surface area contributed by atoms with Crippen molar-refractivity contribution in [2.75, 3.05) is 14.1 Å². The van der Waals surface area contributed by atoms with Crippen molar-refractivity contribution in [1.29, 1.82) is 0 Å². The summed E-state index contributed by atoms with van der Waals surface area (Å²) in [5, 5.41) is 30.6. The number of amidine groups is 1. The van der Waals surface area contributed by atoms with E-state index in [1.165, 1.54) is 11.8 Å². The predicted octanol–water partition coefficient (Wildman–Crippen LogP) is -0.763. The van der Waals surface area contributed by atoms with Gasteiger partial charge in [-0.2, -0.15) is 0 Å². The second-order valence-corrected chi connectivity index (χ2v) is 5.91. The fourth-order valence-corrected chi connectivity index (χ4v) is 3.29. The molecule has 0 radical (unpaired) electrons. The van der Waals surface area contributed by atoms with Crippen molar-refractivity contribution in [3.63, 3.8) is 0 Å². The minimum Gasteiger partial charge on any atom is -0.390 e. The van der Waals surface area contributed by atoms with E-state index in [4.69, 9.17) is 4.74 Å². The average molecular weight is 276 g/mol. The third kappa shape index (κ3) is 2.37. The lowest BCUT2D eigenvalue weighted by Crippen LogP contribution is -2.58. The summed E-state index contributed by atoms with van der Waals surface area (Å²) >= 11 is 1.41. The average Bonchev–Trinajstić information content (AvgIpc) is 2.77.